The van der Waals surface area contributed by atoms with E-state index in [-0.39, 0.29) is 0 Å². The van der Waals surface area contributed by atoms with Crippen LogP contribution in [0.1, 0.15) is 0 Å². The Morgan fingerprint density at radius 1 is 1.67 bits per heavy atom. The van der Waals surface area contributed by atoms with E-state index in [1.54, 1.807) is 0 Å². The van der Waals surface area contributed by atoms with E-state index in [0.29, 0.717) is 21.5 Å². The second kappa shape index (κ2) is 2.09. The maximum absolute atomic E-state index is 5.28. The zero-order valence-corrected chi connectivity index (χ0v) is 5.68. The molecule has 1 fully saturated rings. The predicted octanol–water partition coefficient (Wildman–Crippen LogP) is -3.78. The molecular formula is C3H8IN2-. The van der Waals surface area contributed by atoms with E-state index >= 15 is 0 Å². The van der Waals surface area contributed by atoms with Crippen LogP contribution in [0, 0.1) is 0 Å². The normalized spacial score (nSPS) is 22.2. The fourth-order valence-electron chi connectivity index (χ4n) is 0.255. The van der Waals surface area contributed by atoms with Gasteiger partial charge in [-0.3, -0.25) is 0 Å². The standard InChI is InChI=1S/C3H8IN2/c5-3-4-6-1-2-6/h1-3,5H2/q-1. The van der Waals surface area contributed by atoms with Crippen LogP contribution in [0.25, 0.3) is 0 Å². The zero-order chi connectivity index (χ0) is 4.41. The van der Waals surface area contributed by atoms with E-state index in [1.165, 1.54) is 13.1 Å². The Balaban J connectivity index is 1.88. The monoisotopic (exact) mass is 199 g/mol. The van der Waals surface area contributed by atoms with Crippen molar-refractivity contribution in [1.29, 1.82) is 0 Å². The molecule has 0 bridgehead atoms. The van der Waals surface area contributed by atoms with Crippen LogP contribution in [0.3, 0.4) is 0 Å². The first-order chi connectivity index (χ1) is 2.93. The van der Waals surface area contributed by atoms with Crippen molar-refractivity contribution in [3.05, 3.63) is 0 Å². The molecule has 0 aliphatic carbocycles. The summed E-state index contributed by atoms with van der Waals surface area (Å²) in [6.45, 7) is 2.65. The Bertz CT molecular complexity index is 44.1. The number of nitrogens with zero attached hydrogens (tertiary/aromatic N) is 1. The van der Waals surface area contributed by atoms with Crippen LogP contribution in [0.15, 0.2) is 0 Å². The fourth-order valence-corrected chi connectivity index (χ4v) is 1.71. The first kappa shape index (κ1) is 4.80. The van der Waals surface area contributed by atoms with Crippen LogP contribution < -0.4 is 27.2 Å². The van der Waals surface area contributed by atoms with Crippen molar-refractivity contribution in [2.45, 2.75) is 0 Å². The molecule has 0 aromatic heterocycles. The summed E-state index contributed by atoms with van der Waals surface area (Å²) in [6.07, 6.45) is 0. The molecule has 0 atom stereocenters. The third kappa shape index (κ3) is 1.40. The quantitative estimate of drug-likeness (QED) is 0.162. The average Bonchev–Trinajstić information content (AvgIpc) is 2.21. The van der Waals surface area contributed by atoms with Gasteiger partial charge in [0, 0.05) is 0 Å². The van der Waals surface area contributed by atoms with Gasteiger partial charge in [0.2, 0.25) is 0 Å². The number of alkyl halides is 1. The summed E-state index contributed by atoms with van der Waals surface area (Å²) in [5.41, 5.74) is 5.28. The fraction of sp³-hybridized carbons (Fsp3) is 1.00. The van der Waals surface area contributed by atoms with Gasteiger partial charge in [0.1, 0.15) is 0 Å². The van der Waals surface area contributed by atoms with Crippen LogP contribution >= 0.6 is 0 Å². The van der Waals surface area contributed by atoms with Crippen molar-refractivity contribution < 1.29 is 21.5 Å². The van der Waals surface area contributed by atoms with Gasteiger partial charge < -0.3 is 0 Å². The summed E-state index contributed by atoms with van der Waals surface area (Å²) in [5.74, 6) is 0. The number of rotatable bonds is 2. The molecule has 3 heteroatoms. The zero-order valence-electron chi connectivity index (χ0n) is 3.52. The van der Waals surface area contributed by atoms with Gasteiger partial charge in [0.15, 0.2) is 0 Å². The molecule has 6 heavy (non-hydrogen) atoms. The molecule has 0 aromatic rings. The molecule has 0 amide bonds. The van der Waals surface area contributed by atoms with E-state index in [4.69, 9.17) is 5.73 Å². The Morgan fingerprint density at radius 2 is 2.33 bits per heavy atom. The topological polar surface area (TPSA) is 29.0 Å². The Morgan fingerprint density at radius 3 is 2.50 bits per heavy atom. The summed E-state index contributed by atoms with van der Waals surface area (Å²) >= 11 is 0.291. The van der Waals surface area contributed by atoms with E-state index in [1.807, 2.05) is 0 Å². The molecule has 0 saturated carbocycles. The van der Waals surface area contributed by atoms with Crippen molar-refractivity contribution >= 4 is 0 Å². The number of halogens is 1. The second-order valence-electron chi connectivity index (χ2n) is 1.18. The molecule has 0 unspecified atom stereocenters. The maximum atomic E-state index is 5.28. The van der Waals surface area contributed by atoms with E-state index in [0.717, 1.165) is 4.55 Å². The minimum atomic E-state index is 0.291. The van der Waals surface area contributed by atoms with Gasteiger partial charge in [0.05, 0.1) is 0 Å². The number of hydrogen-bond acceptors (Lipinski definition) is 2. The van der Waals surface area contributed by atoms with Crippen molar-refractivity contribution in [3.8, 4) is 0 Å². The summed E-state index contributed by atoms with van der Waals surface area (Å²) in [7, 11) is 0. The molecule has 0 spiro atoms. The van der Waals surface area contributed by atoms with Gasteiger partial charge in [0.25, 0.3) is 0 Å². The molecule has 1 saturated heterocycles. The average molecular weight is 199 g/mol. The first-order valence-electron chi connectivity index (χ1n) is 1.98. The molecule has 1 rings (SSSR count). The van der Waals surface area contributed by atoms with Crippen molar-refractivity contribution in [2.75, 3.05) is 17.6 Å². The summed E-state index contributed by atoms with van der Waals surface area (Å²) in [6, 6.07) is 0. The van der Waals surface area contributed by atoms with E-state index < -0.39 is 0 Å². The van der Waals surface area contributed by atoms with Crippen LogP contribution in [0.5, 0.6) is 0 Å². The van der Waals surface area contributed by atoms with Gasteiger partial charge in [-0.15, -0.1) is 0 Å². The van der Waals surface area contributed by atoms with Gasteiger partial charge in [-0.25, -0.2) is 0 Å². The third-order valence-corrected chi connectivity index (χ3v) is 2.95. The molecule has 0 aromatic carbocycles. The molecule has 38 valence electrons. The van der Waals surface area contributed by atoms with Crippen molar-refractivity contribution in [3.63, 3.8) is 0 Å². The Hall–Kier alpha value is 0.650. The van der Waals surface area contributed by atoms with Gasteiger partial charge in [-0.2, -0.15) is 0 Å². The Kier molecular flexibility index (Phi) is 1.67. The van der Waals surface area contributed by atoms with Crippen LogP contribution in [0.2, 0.25) is 0 Å². The van der Waals surface area contributed by atoms with Gasteiger partial charge >= 0.3 is 48.0 Å². The number of nitrogens with two attached hydrogens (primary N) is 1. The van der Waals surface area contributed by atoms with E-state index in [2.05, 4.69) is 3.11 Å². The van der Waals surface area contributed by atoms with Crippen LogP contribution in [-0.4, -0.2) is 20.8 Å². The third-order valence-electron chi connectivity index (χ3n) is 0.631. The SMILES string of the molecule is NC[I-]N1CC1. The molecule has 2 N–H and O–H groups in total. The van der Waals surface area contributed by atoms with E-state index in [9.17, 15) is 0 Å². The first-order valence-corrected chi connectivity index (χ1v) is 4.47. The van der Waals surface area contributed by atoms with Crippen molar-refractivity contribution in [2.24, 2.45) is 5.73 Å². The molecule has 0 radical (unpaired) electrons. The molecular weight excluding hydrogens is 191 g/mol. The van der Waals surface area contributed by atoms with Gasteiger partial charge in [-0.1, -0.05) is 0 Å². The van der Waals surface area contributed by atoms with Crippen LogP contribution in [0.4, 0.5) is 0 Å². The van der Waals surface area contributed by atoms with Crippen molar-refractivity contribution in [1.82, 2.24) is 3.11 Å². The molecule has 1 aliphatic heterocycles. The summed E-state index contributed by atoms with van der Waals surface area (Å²) < 4.78 is 3.34. The summed E-state index contributed by atoms with van der Waals surface area (Å²) in [4.78, 5) is 0. The Labute approximate surface area is 48.3 Å². The molecule has 1 heterocycles. The second-order valence-corrected chi connectivity index (χ2v) is 4.11. The predicted molar refractivity (Wildman–Crippen MR) is 20.6 cm³/mol. The summed E-state index contributed by atoms with van der Waals surface area (Å²) in [5, 5.41) is 0. The number of hydrogen-bond donors (Lipinski definition) is 1. The minimum absolute atomic E-state index is 0.291. The van der Waals surface area contributed by atoms with Crippen LogP contribution in [-0.2, 0) is 0 Å². The molecule has 1 aliphatic rings. The van der Waals surface area contributed by atoms with Gasteiger partial charge in [-0.05, 0) is 0 Å². The molecule has 2 nitrogen and oxygen atoms in total.